The van der Waals surface area contributed by atoms with Crippen LogP contribution in [0.2, 0.25) is 0 Å². The van der Waals surface area contributed by atoms with Crippen LogP contribution >= 0.6 is 7.82 Å². The summed E-state index contributed by atoms with van der Waals surface area (Å²) < 4.78 is 34.6. The van der Waals surface area contributed by atoms with E-state index in [-0.39, 0.29) is 32.0 Å². The van der Waals surface area contributed by atoms with E-state index in [1.807, 2.05) is 21.1 Å². The Morgan fingerprint density at radius 3 is 1.09 bits per heavy atom. The Balaban J connectivity index is 4.17. The number of unbranched alkanes of at least 4 members (excludes halogenated alkanes) is 28. The minimum Gasteiger partial charge on any atom is -0.462 e. The van der Waals surface area contributed by atoms with E-state index in [0.29, 0.717) is 17.4 Å². The highest BCUT2D eigenvalue weighted by molar-refractivity contribution is 7.47. The molecule has 2 unspecified atom stereocenters. The molecule has 9 nitrogen and oxygen atoms in total. The number of allylic oxidation sites excluding steroid dienone is 16. The zero-order valence-electron chi connectivity index (χ0n) is 51.1. The number of hydrogen-bond acceptors (Lipinski definition) is 7. The first kappa shape index (κ1) is 74.9. The molecule has 0 rings (SSSR count). The maximum Gasteiger partial charge on any atom is 0.472 e. The molecule has 0 aromatic heterocycles. The topological polar surface area (TPSA) is 108 Å². The van der Waals surface area contributed by atoms with E-state index in [1.165, 1.54) is 128 Å². The number of carbonyl (C=O) groups excluding carboxylic acids is 2. The fraction of sp³-hybridized carbons (Fsp3) is 0.735. The van der Waals surface area contributed by atoms with E-state index in [0.717, 1.165) is 109 Å². The SMILES string of the molecule is CC/C=C\C/C=C\C/C=C\C/C=C\C/C=C\C/C=C\C/C=C\C/C=C\CCCCCCCCC(=O)OC(COC(=O)CCCCCCCCCCCCCCCCCCCCCCCCC)COP(=O)(O)OCC[N+](C)(C)C. The zero-order chi connectivity index (χ0) is 57.0. The maximum atomic E-state index is 12.8. The third-order valence-electron chi connectivity index (χ3n) is 13.6. The largest absolute Gasteiger partial charge is 0.472 e. The van der Waals surface area contributed by atoms with Crippen molar-refractivity contribution in [3.63, 3.8) is 0 Å². The smallest absolute Gasteiger partial charge is 0.462 e. The van der Waals surface area contributed by atoms with Crippen LogP contribution < -0.4 is 0 Å². The van der Waals surface area contributed by atoms with Crippen molar-refractivity contribution >= 4 is 19.8 Å². The Kier molecular flexibility index (Phi) is 56.3. The van der Waals surface area contributed by atoms with Gasteiger partial charge in [0, 0.05) is 12.8 Å². The first-order valence-corrected chi connectivity index (χ1v) is 33.5. The monoisotopic (exact) mass is 1110 g/mol. The van der Waals surface area contributed by atoms with Crippen LogP contribution in [0.25, 0.3) is 0 Å². The predicted molar refractivity (Wildman–Crippen MR) is 335 cm³/mol. The van der Waals surface area contributed by atoms with Gasteiger partial charge in [0.25, 0.3) is 0 Å². The van der Waals surface area contributed by atoms with Gasteiger partial charge >= 0.3 is 19.8 Å². The van der Waals surface area contributed by atoms with Crippen molar-refractivity contribution in [3.8, 4) is 0 Å². The number of esters is 2. The fourth-order valence-electron chi connectivity index (χ4n) is 8.74. The number of likely N-dealkylation sites (N-methyl/N-ethyl adjacent to an activating group) is 1. The first-order chi connectivity index (χ1) is 38.0. The molecule has 0 amide bonds. The molecule has 78 heavy (non-hydrogen) atoms. The van der Waals surface area contributed by atoms with Crippen molar-refractivity contribution in [1.82, 2.24) is 0 Å². The fourth-order valence-corrected chi connectivity index (χ4v) is 9.48. The highest BCUT2D eigenvalue weighted by atomic mass is 31.2. The standard InChI is InChI=1S/C68H120NO8P/c1-6-8-10-12-14-16-18-20-22-24-26-28-30-31-32-33-34-35-36-37-39-41-43-45-47-49-51-53-55-57-59-61-68(71)77-66(65-76-78(72,73)75-63-62-69(3,4)5)64-74-67(70)60-58-56-54-52-50-48-46-44-42-40-38-29-27-25-23-21-19-17-15-13-11-9-7-2/h8,10,14,16,20,22,26,28,31-32,34-35,37,39,43,45,66H,6-7,9,11-13,15,17-19,21,23-25,27,29-30,33,36,38,40-42,44,46-65H2,1-5H3/p+1/b10-8-,16-14-,22-20-,28-26-,32-31-,35-34-,39-37-,45-43-. The first-order valence-electron chi connectivity index (χ1n) is 32.0. The minimum atomic E-state index is -4.40. The molecular weight excluding hydrogens is 990 g/mol. The van der Waals surface area contributed by atoms with Gasteiger partial charge in [-0.2, -0.15) is 0 Å². The third kappa shape index (κ3) is 62.1. The number of phosphoric ester groups is 1. The third-order valence-corrected chi connectivity index (χ3v) is 14.6. The van der Waals surface area contributed by atoms with Crippen molar-refractivity contribution in [2.45, 2.75) is 277 Å². The van der Waals surface area contributed by atoms with Crippen LogP contribution in [-0.2, 0) is 32.7 Å². The predicted octanol–water partition coefficient (Wildman–Crippen LogP) is 20.4. The molecule has 450 valence electrons. The molecule has 10 heteroatoms. The molecule has 0 fully saturated rings. The number of nitrogens with zero attached hydrogens (tertiary/aromatic N) is 1. The summed E-state index contributed by atoms with van der Waals surface area (Å²) in [4.78, 5) is 35.8. The summed E-state index contributed by atoms with van der Waals surface area (Å²) in [5.41, 5.74) is 0. The van der Waals surface area contributed by atoms with Gasteiger partial charge in [0.2, 0.25) is 0 Å². The molecule has 0 aliphatic rings. The second-order valence-electron chi connectivity index (χ2n) is 22.4. The summed E-state index contributed by atoms with van der Waals surface area (Å²) in [6.07, 6.45) is 80.6. The molecule has 0 heterocycles. The summed E-state index contributed by atoms with van der Waals surface area (Å²) in [5, 5.41) is 0. The summed E-state index contributed by atoms with van der Waals surface area (Å²) in [6.45, 7) is 4.33. The molecule has 0 radical (unpaired) electrons. The lowest BCUT2D eigenvalue weighted by Crippen LogP contribution is -2.37. The highest BCUT2D eigenvalue weighted by Gasteiger charge is 2.27. The van der Waals surface area contributed by atoms with Gasteiger partial charge in [0.05, 0.1) is 27.7 Å². The van der Waals surface area contributed by atoms with Gasteiger partial charge in [-0.3, -0.25) is 18.6 Å². The molecule has 0 aromatic carbocycles. The molecule has 0 aromatic rings. The van der Waals surface area contributed by atoms with Crippen LogP contribution in [0.5, 0.6) is 0 Å². The number of rotatable bonds is 58. The lowest BCUT2D eigenvalue weighted by atomic mass is 10.0. The minimum absolute atomic E-state index is 0.0252. The van der Waals surface area contributed by atoms with Crippen LogP contribution in [0, 0.1) is 0 Å². The van der Waals surface area contributed by atoms with E-state index in [2.05, 4.69) is 111 Å². The summed E-state index contributed by atoms with van der Waals surface area (Å²) in [6, 6.07) is 0. The zero-order valence-corrected chi connectivity index (χ0v) is 52.0. The Bertz CT molecular complexity index is 1640. The lowest BCUT2D eigenvalue weighted by molar-refractivity contribution is -0.870. The normalized spacial score (nSPS) is 13.9. The van der Waals surface area contributed by atoms with Gasteiger partial charge in [0.15, 0.2) is 6.10 Å². The second-order valence-corrected chi connectivity index (χ2v) is 23.9. The Labute approximate surface area is 481 Å². The van der Waals surface area contributed by atoms with E-state index >= 15 is 0 Å². The Morgan fingerprint density at radius 2 is 0.731 bits per heavy atom. The molecule has 0 bridgehead atoms. The number of carbonyl (C=O) groups is 2. The molecule has 0 saturated carbocycles. The van der Waals surface area contributed by atoms with Crippen LogP contribution in [0.1, 0.15) is 271 Å². The molecule has 1 N–H and O–H groups in total. The van der Waals surface area contributed by atoms with Crippen LogP contribution in [0.3, 0.4) is 0 Å². The number of phosphoric acid groups is 1. The maximum absolute atomic E-state index is 12.8. The molecule has 2 atom stereocenters. The highest BCUT2D eigenvalue weighted by Crippen LogP contribution is 2.43. The van der Waals surface area contributed by atoms with Crippen molar-refractivity contribution in [3.05, 3.63) is 97.2 Å². The molecule has 0 spiro atoms. The summed E-state index contributed by atoms with van der Waals surface area (Å²) in [5.74, 6) is -0.810. The Hall–Kier alpha value is -3.07. The molecule has 0 saturated heterocycles. The average molecular weight is 1110 g/mol. The van der Waals surface area contributed by atoms with Crippen molar-refractivity contribution in [2.24, 2.45) is 0 Å². The van der Waals surface area contributed by atoms with Gasteiger partial charge in [-0.1, -0.05) is 278 Å². The van der Waals surface area contributed by atoms with Gasteiger partial charge in [-0.05, 0) is 77.0 Å². The van der Waals surface area contributed by atoms with Gasteiger partial charge in [-0.25, -0.2) is 4.57 Å². The van der Waals surface area contributed by atoms with Crippen LogP contribution in [0.4, 0.5) is 0 Å². The Morgan fingerprint density at radius 1 is 0.410 bits per heavy atom. The van der Waals surface area contributed by atoms with Crippen molar-refractivity contribution in [1.29, 1.82) is 0 Å². The molecule has 0 aliphatic carbocycles. The van der Waals surface area contributed by atoms with Gasteiger partial charge < -0.3 is 18.9 Å². The van der Waals surface area contributed by atoms with E-state index in [4.69, 9.17) is 18.5 Å². The van der Waals surface area contributed by atoms with E-state index in [9.17, 15) is 19.0 Å². The second kappa shape index (κ2) is 58.6. The number of hydrogen-bond donors (Lipinski definition) is 1. The summed E-state index contributed by atoms with van der Waals surface area (Å²) >= 11 is 0. The number of quaternary nitrogens is 1. The number of ether oxygens (including phenoxy) is 2. The van der Waals surface area contributed by atoms with E-state index < -0.39 is 26.5 Å². The van der Waals surface area contributed by atoms with Crippen LogP contribution in [-0.4, -0.2) is 74.9 Å². The lowest BCUT2D eigenvalue weighted by Gasteiger charge is -2.24. The van der Waals surface area contributed by atoms with Crippen LogP contribution in [0.15, 0.2) is 97.2 Å². The van der Waals surface area contributed by atoms with Gasteiger partial charge in [-0.15, -0.1) is 0 Å². The molecule has 0 aliphatic heterocycles. The van der Waals surface area contributed by atoms with E-state index in [1.54, 1.807) is 0 Å². The van der Waals surface area contributed by atoms with Crippen molar-refractivity contribution in [2.75, 3.05) is 47.5 Å². The average Bonchev–Trinajstić information content (AvgIpc) is 3.40. The molecular formula is C68H121NO8P+. The van der Waals surface area contributed by atoms with Gasteiger partial charge in [0.1, 0.15) is 19.8 Å². The quantitative estimate of drug-likeness (QED) is 0.0211. The summed E-state index contributed by atoms with van der Waals surface area (Å²) in [7, 11) is 1.46. The van der Waals surface area contributed by atoms with Crippen molar-refractivity contribution < 1.29 is 42.1 Å².